The molecule has 1 aliphatic carbocycles. The van der Waals surface area contributed by atoms with E-state index < -0.39 is 0 Å². The summed E-state index contributed by atoms with van der Waals surface area (Å²) in [5.74, 6) is 0.578. The van der Waals surface area contributed by atoms with Gasteiger partial charge >= 0.3 is 0 Å². The SMILES string of the molecule is O=CC(c1cccc2c(Cl)cccc12)C1CC1. The lowest BCUT2D eigenvalue weighted by molar-refractivity contribution is -0.109. The summed E-state index contributed by atoms with van der Waals surface area (Å²) >= 11 is 6.18. The standard InChI is InChI=1S/C15H13ClO/c16-15-6-2-4-11-12(3-1-5-13(11)15)14(9-17)10-7-8-10/h1-6,9-10,14H,7-8H2. The van der Waals surface area contributed by atoms with Gasteiger partial charge in [0.05, 0.1) is 0 Å². The molecule has 1 fully saturated rings. The smallest absolute Gasteiger partial charge is 0.127 e. The number of carbonyl (C=O) groups excluding carboxylic acids is 1. The molecular weight excluding hydrogens is 232 g/mol. The Kier molecular flexibility index (Phi) is 2.64. The van der Waals surface area contributed by atoms with Crippen molar-refractivity contribution in [2.75, 3.05) is 0 Å². The van der Waals surface area contributed by atoms with Crippen LogP contribution in [0.5, 0.6) is 0 Å². The van der Waals surface area contributed by atoms with Gasteiger partial charge in [0.25, 0.3) is 0 Å². The minimum Gasteiger partial charge on any atom is -0.303 e. The minimum absolute atomic E-state index is 0.0390. The van der Waals surface area contributed by atoms with Crippen LogP contribution in [0.4, 0.5) is 0 Å². The molecule has 17 heavy (non-hydrogen) atoms. The molecule has 2 aromatic rings. The van der Waals surface area contributed by atoms with E-state index in [9.17, 15) is 4.79 Å². The summed E-state index contributed by atoms with van der Waals surface area (Å²) in [5, 5.41) is 2.91. The maximum atomic E-state index is 11.3. The normalized spacial score (nSPS) is 17.0. The minimum atomic E-state index is 0.0390. The summed E-state index contributed by atoms with van der Waals surface area (Å²) in [6.45, 7) is 0. The highest BCUT2D eigenvalue weighted by molar-refractivity contribution is 6.35. The van der Waals surface area contributed by atoms with Crippen molar-refractivity contribution in [2.24, 2.45) is 5.92 Å². The predicted octanol–water partition coefficient (Wildman–Crippen LogP) is 4.19. The molecule has 1 aliphatic rings. The third-order valence-electron chi connectivity index (χ3n) is 3.54. The lowest BCUT2D eigenvalue weighted by atomic mass is 9.91. The molecule has 1 nitrogen and oxygen atoms in total. The highest BCUT2D eigenvalue weighted by Gasteiger charge is 2.32. The molecule has 3 rings (SSSR count). The Morgan fingerprint density at radius 2 is 1.82 bits per heavy atom. The van der Waals surface area contributed by atoms with Crippen LogP contribution in [0.2, 0.25) is 5.02 Å². The Bertz CT molecular complexity index is 572. The van der Waals surface area contributed by atoms with Gasteiger partial charge in [-0.1, -0.05) is 41.9 Å². The number of fused-ring (bicyclic) bond motifs is 1. The first-order valence-electron chi connectivity index (χ1n) is 5.93. The fourth-order valence-corrected chi connectivity index (χ4v) is 2.72. The maximum Gasteiger partial charge on any atom is 0.127 e. The van der Waals surface area contributed by atoms with Crippen molar-refractivity contribution < 1.29 is 4.79 Å². The molecule has 0 N–H and O–H groups in total. The van der Waals surface area contributed by atoms with Gasteiger partial charge < -0.3 is 4.79 Å². The van der Waals surface area contributed by atoms with E-state index in [1.54, 1.807) is 0 Å². The van der Waals surface area contributed by atoms with Crippen molar-refractivity contribution in [1.82, 2.24) is 0 Å². The molecule has 86 valence electrons. The number of rotatable bonds is 3. The summed E-state index contributed by atoms with van der Waals surface area (Å²) in [6, 6.07) is 11.9. The van der Waals surface area contributed by atoms with E-state index in [2.05, 4.69) is 12.1 Å². The van der Waals surface area contributed by atoms with Crippen molar-refractivity contribution >= 4 is 28.7 Å². The second kappa shape index (κ2) is 4.15. The Labute approximate surface area is 105 Å². The number of halogens is 1. The van der Waals surface area contributed by atoms with E-state index in [-0.39, 0.29) is 5.92 Å². The first-order chi connectivity index (χ1) is 8.31. The summed E-state index contributed by atoms with van der Waals surface area (Å²) in [7, 11) is 0. The second-order valence-electron chi connectivity index (χ2n) is 4.68. The summed E-state index contributed by atoms with van der Waals surface area (Å²) in [6.07, 6.45) is 3.42. The van der Waals surface area contributed by atoms with Crippen LogP contribution in [0, 0.1) is 5.92 Å². The van der Waals surface area contributed by atoms with Crippen LogP contribution >= 0.6 is 11.6 Å². The Hall–Kier alpha value is -1.34. The molecular formula is C15H13ClO. The number of aldehydes is 1. The lowest BCUT2D eigenvalue weighted by Gasteiger charge is -2.13. The van der Waals surface area contributed by atoms with Crippen LogP contribution in [0.15, 0.2) is 36.4 Å². The number of hydrogen-bond acceptors (Lipinski definition) is 1. The van der Waals surface area contributed by atoms with Gasteiger partial charge in [-0.3, -0.25) is 0 Å². The molecule has 0 radical (unpaired) electrons. The van der Waals surface area contributed by atoms with Crippen LogP contribution in [-0.2, 0) is 4.79 Å². The van der Waals surface area contributed by atoms with Crippen LogP contribution in [-0.4, -0.2) is 6.29 Å². The molecule has 2 heteroatoms. The molecule has 0 amide bonds. The monoisotopic (exact) mass is 244 g/mol. The zero-order valence-electron chi connectivity index (χ0n) is 9.40. The highest BCUT2D eigenvalue weighted by Crippen LogP contribution is 2.43. The van der Waals surface area contributed by atoms with Gasteiger partial charge in [0.1, 0.15) is 6.29 Å². The van der Waals surface area contributed by atoms with Crippen molar-refractivity contribution in [3.8, 4) is 0 Å². The average molecular weight is 245 g/mol. The summed E-state index contributed by atoms with van der Waals surface area (Å²) in [4.78, 5) is 11.3. The zero-order valence-corrected chi connectivity index (χ0v) is 10.2. The third kappa shape index (κ3) is 1.85. The van der Waals surface area contributed by atoms with E-state index in [0.29, 0.717) is 5.92 Å². The largest absolute Gasteiger partial charge is 0.303 e. The molecule has 1 saturated carbocycles. The van der Waals surface area contributed by atoms with E-state index in [4.69, 9.17) is 11.6 Å². The molecule has 0 spiro atoms. The third-order valence-corrected chi connectivity index (χ3v) is 3.87. The topological polar surface area (TPSA) is 17.1 Å². The molecule has 1 atom stereocenters. The quantitative estimate of drug-likeness (QED) is 0.740. The maximum absolute atomic E-state index is 11.3. The van der Waals surface area contributed by atoms with Crippen LogP contribution < -0.4 is 0 Å². The molecule has 0 bridgehead atoms. The molecule has 0 saturated heterocycles. The number of benzene rings is 2. The molecule has 1 unspecified atom stereocenters. The fraction of sp³-hybridized carbons (Fsp3) is 0.267. The van der Waals surface area contributed by atoms with Gasteiger partial charge in [0, 0.05) is 16.3 Å². The average Bonchev–Trinajstić information content (AvgIpc) is 3.16. The van der Waals surface area contributed by atoms with Crippen molar-refractivity contribution in [2.45, 2.75) is 18.8 Å². The van der Waals surface area contributed by atoms with Gasteiger partial charge in [-0.05, 0) is 35.8 Å². The van der Waals surface area contributed by atoms with Gasteiger partial charge in [0.15, 0.2) is 0 Å². The van der Waals surface area contributed by atoms with E-state index in [0.717, 1.165) is 27.6 Å². The fourth-order valence-electron chi connectivity index (χ4n) is 2.48. The van der Waals surface area contributed by atoms with Crippen LogP contribution in [0.25, 0.3) is 10.8 Å². The van der Waals surface area contributed by atoms with Crippen molar-refractivity contribution in [1.29, 1.82) is 0 Å². The summed E-state index contributed by atoms with van der Waals surface area (Å²) in [5.41, 5.74) is 1.13. The highest BCUT2D eigenvalue weighted by atomic mass is 35.5. The first-order valence-corrected chi connectivity index (χ1v) is 6.31. The lowest BCUT2D eigenvalue weighted by Crippen LogP contribution is -2.03. The van der Waals surface area contributed by atoms with Gasteiger partial charge in [-0.2, -0.15) is 0 Å². The predicted molar refractivity (Wildman–Crippen MR) is 70.5 cm³/mol. The van der Waals surface area contributed by atoms with Gasteiger partial charge in [-0.15, -0.1) is 0 Å². The van der Waals surface area contributed by atoms with Crippen molar-refractivity contribution in [3.05, 3.63) is 47.0 Å². The van der Waals surface area contributed by atoms with Crippen LogP contribution in [0.1, 0.15) is 24.3 Å². The second-order valence-corrected chi connectivity index (χ2v) is 5.09. The number of hydrogen-bond donors (Lipinski definition) is 0. The van der Waals surface area contributed by atoms with Gasteiger partial charge in [0.2, 0.25) is 0 Å². The van der Waals surface area contributed by atoms with E-state index in [1.165, 1.54) is 12.8 Å². The Morgan fingerprint density at radius 3 is 2.53 bits per heavy atom. The Morgan fingerprint density at radius 1 is 1.12 bits per heavy atom. The van der Waals surface area contributed by atoms with E-state index >= 15 is 0 Å². The Balaban J connectivity index is 2.21. The van der Waals surface area contributed by atoms with Crippen molar-refractivity contribution in [3.63, 3.8) is 0 Å². The summed E-state index contributed by atoms with van der Waals surface area (Å²) < 4.78 is 0. The first kappa shape index (κ1) is 10.8. The molecule has 2 aromatic carbocycles. The molecule has 0 heterocycles. The number of carbonyl (C=O) groups is 1. The molecule has 0 aliphatic heterocycles. The zero-order chi connectivity index (χ0) is 11.8. The van der Waals surface area contributed by atoms with Gasteiger partial charge in [-0.25, -0.2) is 0 Å². The van der Waals surface area contributed by atoms with E-state index in [1.807, 2.05) is 24.3 Å². The molecule has 0 aromatic heterocycles. The van der Waals surface area contributed by atoms with Crippen LogP contribution in [0.3, 0.4) is 0 Å².